The molecule has 0 saturated heterocycles. The van der Waals surface area contributed by atoms with Gasteiger partial charge in [0, 0.05) is 29.4 Å². The lowest BCUT2D eigenvalue weighted by molar-refractivity contribution is 0.390. The zero-order valence-electron chi connectivity index (χ0n) is 12.8. The number of likely N-dealkylation sites (N-methyl/N-ethyl adjacent to an activating group) is 1. The molecule has 4 heteroatoms. The summed E-state index contributed by atoms with van der Waals surface area (Å²) in [6.07, 6.45) is 0. The fraction of sp³-hybridized carbons (Fsp3) is 0.786. The molecule has 104 valence electrons. The number of hydrogen-bond donors (Lipinski definition) is 1. The van der Waals surface area contributed by atoms with Gasteiger partial charge in [-0.15, -0.1) is 11.3 Å². The van der Waals surface area contributed by atoms with Crippen LogP contribution in [0.1, 0.15) is 49.3 Å². The number of nitrogens with zero attached hydrogens (tertiary/aromatic N) is 2. The Morgan fingerprint density at radius 3 is 2.39 bits per heavy atom. The number of rotatable bonds is 5. The first-order chi connectivity index (χ1) is 8.21. The largest absolute Gasteiger partial charge is 0.308 e. The summed E-state index contributed by atoms with van der Waals surface area (Å²) >= 11 is 1.85. The molecule has 0 saturated carbocycles. The average molecular weight is 269 g/mol. The molecular weight excluding hydrogens is 242 g/mol. The maximum Gasteiger partial charge on any atom is 0.0985 e. The summed E-state index contributed by atoms with van der Waals surface area (Å²) in [7, 11) is 4.20. The molecule has 1 N–H and O–H groups in total. The molecule has 1 heterocycles. The van der Waals surface area contributed by atoms with E-state index in [1.807, 2.05) is 11.3 Å². The van der Waals surface area contributed by atoms with Crippen LogP contribution in [0.5, 0.6) is 0 Å². The monoisotopic (exact) mass is 269 g/mol. The molecule has 0 bridgehead atoms. The number of thiazole rings is 1. The fourth-order valence-corrected chi connectivity index (χ4v) is 2.88. The average Bonchev–Trinajstić information content (AvgIpc) is 2.59. The minimum absolute atomic E-state index is 0.150. The Kier molecular flexibility index (Phi) is 5.32. The van der Waals surface area contributed by atoms with E-state index in [1.165, 1.54) is 15.6 Å². The summed E-state index contributed by atoms with van der Waals surface area (Å²) in [5.41, 5.74) is 1.33. The van der Waals surface area contributed by atoms with E-state index in [9.17, 15) is 0 Å². The van der Waals surface area contributed by atoms with Crippen LogP contribution in [0.2, 0.25) is 0 Å². The fourth-order valence-electron chi connectivity index (χ4n) is 1.73. The van der Waals surface area contributed by atoms with Crippen molar-refractivity contribution in [3.8, 4) is 0 Å². The van der Waals surface area contributed by atoms with Gasteiger partial charge in [-0.2, -0.15) is 0 Å². The topological polar surface area (TPSA) is 28.2 Å². The molecule has 1 aromatic heterocycles. The second-order valence-electron chi connectivity index (χ2n) is 6.20. The molecule has 0 fully saturated rings. The van der Waals surface area contributed by atoms with Crippen LogP contribution in [-0.4, -0.2) is 37.1 Å². The highest BCUT2D eigenvalue weighted by Crippen LogP contribution is 2.32. The van der Waals surface area contributed by atoms with Crippen LogP contribution < -0.4 is 5.32 Å². The highest BCUT2D eigenvalue weighted by atomic mass is 32.1. The van der Waals surface area contributed by atoms with E-state index in [1.54, 1.807) is 0 Å². The van der Waals surface area contributed by atoms with Crippen molar-refractivity contribution in [3.63, 3.8) is 0 Å². The summed E-state index contributed by atoms with van der Waals surface area (Å²) in [6, 6.07) is 0.388. The van der Waals surface area contributed by atoms with Crippen LogP contribution >= 0.6 is 11.3 Å². The van der Waals surface area contributed by atoms with Crippen molar-refractivity contribution in [2.45, 2.75) is 46.1 Å². The van der Waals surface area contributed by atoms with Gasteiger partial charge in [-0.3, -0.25) is 0 Å². The van der Waals surface area contributed by atoms with E-state index >= 15 is 0 Å². The quantitative estimate of drug-likeness (QED) is 0.891. The van der Waals surface area contributed by atoms with Gasteiger partial charge in [0.1, 0.15) is 0 Å². The van der Waals surface area contributed by atoms with Gasteiger partial charge >= 0.3 is 0 Å². The molecule has 1 unspecified atom stereocenters. The summed E-state index contributed by atoms with van der Waals surface area (Å²) in [5.74, 6) is 0. The Labute approximate surface area is 116 Å². The van der Waals surface area contributed by atoms with Gasteiger partial charge in [0.05, 0.1) is 10.7 Å². The van der Waals surface area contributed by atoms with Crippen LogP contribution in [0.3, 0.4) is 0 Å². The third-order valence-electron chi connectivity index (χ3n) is 2.88. The summed E-state index contributed by atoms with van der Waals surface area (Å²) < 4.78 is 0. The van der Waals surface area contributed by atoms with Gasteiger partial charge < -0.3 is 10.2 Å². The van der Waals surface area contributed by atoms with Gasteiger partial charge in [-0.1, -0.05) is 20.8 Å². The van der Waals surface area contributed by atoms with E-state index in [-0.39, 0.29) is 5.41 Å². The van der Waals surface area contributed by atoms with Crippen molar-refractivity contribution in [2.75, 3.05) is 27.2 Å². The normalized spacial score (nSPS) is 14.2. The maximum absolute atomic E-state index is 4.71. The molecule has 18 heavy (non-hydrogen) atoms. The predicted octanol–water partition coefficient (Wildman–Crippen LogP) is 2.96. The van der Waals surface area contributed by atoms with Crippen molar-refractivity contribution in [3.05, 3.63) is 15.6 Å². The molecule has 1 aromatic rings. The van der Waals surface area contributed by atoms with Gasteiger partial charge in [0.2, 0.25) is 0 Å². The maximum atomic E-state index is 4.71. The molecule has 0 amide bonds. The molecule has 0 aliphatic carbocycles. The van der Waals surface area contributed by atoms with E-state index in [2.05, 4.69) is 58.9 Å². The molecule has 1 rings (SSSR count). The lowest BCUT2D eigenvalue weighted by Crippen LogP contribution is -2.28. The van der Waals surface area contributed by atoms with E-state index in [4.69, 9.17) is 4.98 Å². The molecule has 0 aliphatic rings. The Bertz CT molecular complexity index is 377. The number of aryl methyl sites for hydroxylation is 1. The SMILES string of the molecule is Cc1nc(C(C)(C)C)sc1C(C)NCCN(C)C. The van der Waals surface area contributed by atoms with Crippen LogP contribution in [-0.2, 0) is 5.41 Å². The molecular formula is C14H27N3S. The van der Waals surface area contributed by atoms with Crippen LogP contribution in [0, 0.1) is 6.92 Å². The second kappa shape index (κ2) is 6.13. The summed E-state index contributed by atoms with van der Waals surface area (Å²) in [6.45, 7) is 13.1. The molecule has 3 nitrogen and oxygen atoms in total. The first-order valence-corrected chi connectivity index (χ1v) is 7.39. The lowest BCUT2D eigenvalue weighted by Gasteiger charge is -2.16. The molecule has 0 aromatic carbocycles. The highest BCUT2D eigenvalue weighted by Gasteiger charge is 2.22. The van der Waals surface area contributed by atoms with Crippen LogP contribution in [0.4, 0.5) is 0 Å². The minimum atomic E-state index is 0.150. The van der Waals surface area contributed by atoms with Crippen molar-refractivity contribution in [2.24, 2.45) is 0 Å². The van der Waals surface area contributed by atoms with Crippen molar-refractivity contribution >= 4 is 11.3 Å². The van der Waals surface area contributed by atoms with E-state index in [0.717, 1.165) is 13.1 Å². The van der Waals surface area contributed by atoms with Gasteiger partial charge in [-0.05, 0) is 27.9 Å². The third-order valence-corrected chi connectivity index (χ3v) is 4.64. The number of nitrogens with one attached hydrogen (secondary N) is 1. The van der Waals surface area contributed by atoms with E-state index < -0.39 is 0 Å². The molecule has 0 radical (unpaired) electrons. The van der Waals surface area contributed by atoms with Gasteiger partial charge in [0.25, 0.3) is 0 Å². The first kappa shape index (κ1) is 15.6. The molecule has 1 atom stereocenters. The van der Waals surface area contributed by atoms with Crippen molar-refractivity contribution in [1.29, 1.82) is 0 Å². The van der Waals surface area contributed by atoms with Gasteiger partial charge in [0.15, 0.2) is 0 Å². The standard InChI is InChI=1S/C14H27N3S/c1-10(15-8-9-17(6)7)12-11(2)16-13(18-12)14(3,4)5/h10,15H,8-9H2,1-7H3. The number of hydrogen-bond acceptors (Lipinski definition) is 4. The zero-order valence-corrected chi connectivity index (χ0v) is 13.6. The lowest BCUT2D eigenvalue weighted by atomic mass is 9.98. The van der Waals surface area contributed by atoms with Crippen molar-refractivity contribution < 1.29 is 0 Å². The van der Waals surface area contributed by atoms with Crippen LogP contribution in [0.15, 0.2) is 0 Å². The predicted molar refractivity (Wildman–Crippen MR) is 80.5 cm³/mol. The summed E-state index contributed by atoms with van der Waals surface area (Å²) in [5, 5.41) is 4.80. The highest BCUT2D eigenvalue weighted by molar-refractivity contribution is 7.12. The van der Waals surface area contributed by atoms with Crippen molar-refractivity contribution in [1.82, 2.24) is 15.2 Å². The zero-order chi connectivity index (χ0) is 13.9. The Hall–Kier alpha value is -0.450. The third kappa shape index (κ3) is 4.34. The van der Waals surface area contributed by atoms with E-state index in [0.29, 0.717) is 6.04 Å². The number of aromatic nitrogens is 1. The summed E-state index contributed by atoms with van der Waals surface area (Å²) in [4.78, 5) is 8.28. The Morgan fingerprint density at radius 1 is 1.33 bits per heavy atom. The minimum Gasteiger partial charge on any atom is -0.308 e. The van der Waals surface area contributed by atoms with Gasteiger partial charge in [-0.25, -0.2) is 4.98 Å². The van der Waals surface area contributed by atoms with Crippen LogP contribution in [0.25, 0.3) is 0 Å². The molecule has 0 spiro atoms. The molecule has 0 aliphatic heterocycles. The second-order valence-corrected chi connectivity index (χ2v) is 7.23. The smallest absolute Gasteiger partial charge is 0.0985 e. The Balaban J connectivity index is 2.68. The Morgan fingerprint density at radius 2 is 1.94 bits per heavy atom. The first-order valence-electron chi connectivity index (χ1n) is 6.57.